The minimum atomic E-state index is 0.000746. The van der Waals surface area contributed by atoms with Crippen LogP contribution in [0.3, 0.4) is 0 Å². The molecule has 1 aliphatic heterocycles. The van der Waals surface area contributed by atoms with Crippen molar-refractivity contribution in [3.8, 4) is 0 Å². The molecule has 108 valence electrons. The summed E-state index contributed by atoms with van der Waals surface area (Å²) in [5.41, 5.74) is 2.99. The van der Waals surface area contributed by atoms with Gasteiger partial charge >= 0.3 is 0 Å². The molecule has 6 heteroatoms. The van der Waals surface area contributed by atoms with Gasteiger partial charge in [-0.3, -0.25) is 4.79 Å². The summed E-state index contributed by atoms with van der Waals surface area (Å²) < 4.78 is 1.09. The van der Waals surface area contributed by atoms with E-state index in [1.807, 2.05) is 35.7 Å². The van der Waals surface area contributed by atoms with Crippen LogP contribution in [0.5, 0.6) is 0 Å². The van der Waals surface area contributed by atoms with Crippen molar-refractivity contribution in [1.82, 2.24) is 0 Å². The minimum Gasteiger partial charge on any atom is -0.411 e. The molecule has 2 heterocycles. The summed E-state index contributed by atoms with van der Waals surface area (Å²) in [4.78, 5) is 14.5. The summed E-state index contributed by atoms with van der Waals surface area (Å²) in [6.45, 7) is 0.626. The highest BCUT2D eigenvalue weighted by molar-refractivity contribution is 14.1. The highest BCUT2D eigenvalue weighted by Gasteiger charge is 2.25. The predicted molar refractivity (Wildman–Crippen MR) is 92.7 cm³/mol. The fourth-order valence-electron chi connectivity index (χ4n) is 2.51. The second-order valence-electron chi connectivity index (χ2n) is 4.76. The predicted octanol–water partition coefficient (Wildman–Crippen LogP) is 3.97. The normalized spacial score (nSPS) is 16.6. The fraction of sp³-hybridized carbons (Fsp3) is 0.200. The third-order valence-electron chi connectivity index (χ3n) is 3.48. The Hall–Kier alpha value is -1.41. The van der Waals surface area contributed by atoms with Crippen molar-refractivity contribution < 1.29 is 10.0 Å². The molecule has 0 bridgehead atoms. The van der Waals surface area contributed by atoms with Crippen LogP contribution in [-0.4, -0.2) is 23.4 Å². The van der Waals surface area contributed by atoms with Gasteiger partial charge in [-0.2, -0.15) is 0 Å². The lowest BCUT2D eigenvalue weighted by Crippen LogP contribution is -2.31. The topological polar surface area (TPSA) is 52.9 Å². The van der Waals surface area contributed by atoms with Gasteiger partial charge in [-0.1, -0.05) is 23.4 Å². The average molecular weight is 412 g/mol. The van der Waals surface area contributed by atoms with Gasteiger partial charge in [-0.05, 0) is 47.6 Å². The molecule has 21 heavy (non-hydrogen) atoms. The maximum Gasteiger partial charge on any atom is 0.259 e. The highest BCUT2D eigenvalue weighted by atomic mass is 127. The third kappa shape index (κ3) is 2.82. The average Bonchev–Trinajstić information content (AvgIpc) is 2.84. The van der Waals surface area contributed by atoms with Crippen LogP contribution in [0.1, 0.15) is 28.8 Å². The Morgan fingerprint density at radius 2 is 2.19 bits per heavy atom. The maximum atomic E-state index is 12.8. The lowest BCUT2D eigenvalue weighted by molar-refractivity contribution is 0.0987. The SMILES string of the molecule is O=C(c1csc(I)c1)N1CCC/C(=N/O)c2ccccc21. The zero-order valence-corrected chi connectivity index (χ0v) is 14.1. The molecule has 2 aromatic rings. The number of thiophene rings is 1. The van der Waals surface area contributed by atoms with Crippen LogP contribution in [-0.2, 0) is 0 Å². The van der Waals surface area contributed by atoms with E-state index in [-0.39, 0.29) is 5.91 Å². The molecule has 1 aromatic heterocycles. The van der Waals surface area contributed by atoms with Crippen LogP contribution >= 0.6 is 33.9 Å². The van der Waals surface area contributed by atoms with Crippen LogP contribution in [0, 0.1) is 2.88 Å². The number of anilines is 1. The molecule has 3 rings (SSSR count). The molecule has 4 nitrogen and oxygen atoms in total. The molecule has 1 aromatic carbocycles. The quantitative estimate of drug-likeness (QED) is 0.438. The molecule has 0 saturated carbocycles. The summed E-state index contributed by atoms with van der Waals surface area (Å²) in [5, 5.41) is 14.5. The molecule has 0 spiro atoms. The van der Waals surface area contributed by atoms with Gasteiger partial charge < -0.3 is 10.1 Å². The number of para-hydroxylation sites is 1. The fourth-order valence-corrected chi connectivity index (χ4v) is 3.83. The largest absolute Gasteiger partial charge is 0.411 e. The number of carbonyl (C=O) groups excluding carboxylic acids is 1. The van der Waals surface area contributed by atoms with Crippen molar-refractivity contribution in [2.75, 3.05) is 11.4 Å². The summed E-state index contributed by atoms with van der Waals surface area (Å²) in [6.07, 6.45) is 1.44. The molecule has 0 unspecified atom stereocenters. The molecule has 1 N–H and O–H groups in total. The van der Waals surface area contributed by atoms with E-state index < -0.39 is 0 Å². The van der Waals surface area contributed by atoms with E-state index >= 15 is 0 Å². The number of benzene rings is 1. The van der Waals surface area contributed by atoms with Crippen molar-refractivity contribution in [1.29, 1.82) is 0 Å². The van der Waals surface area contributed by atoms with Gasteiger partial charge in [-0.15, -0.1) is 11.3 Å². The summed E-state index contributed by atoms with van der Waals surface area (Å²) in [7, 11) is 0. The van der Waals surface area contributed by atoms with E-state index in [1.54, 1.807) is 16.2 Å². The second-order valence-corrected chi connectivity index (χ2v) is 7.57. The van der Waals surface area contributed by atoms with E-state index in [4.69, 9.17) is 0 Å². The van der Waals surface area contributed by atoms with Gasteiger partial charge in [0.25, 0.3) is 5.91 Å². The molecule has 0 radical (unpaired) electrons. The first-order chi connectivity index (χ1) is 10.2. The number of carbonyl (C=O) groups is 1. The molecule has 0 fully saturated rings. The number of halogens is 1. The van der Waals surface area contributed by atoms with Crippen LogP contribution in [0.4, 0.5) is 5.69 Å². The first-order valence-corrected chi connectivity index (χ1v) is 8.53. The molecular formula is C15H13IN2O2S. The lowest BCUT2D eigenvalue weighted by atomic mass is 10.1. The Labute approximate surface area is 140 Å². The summed E-state index contributed by atoms with van der Waals surface area (Å²) in [6, 6.07) is 9.50. The molecule has 1 aliphatic rings. The van der Waals surface area contributed by atoms with E-state index in [1.165, 1.54) is 0 Å². The molecule has 0 saturated heterocycles. The van der Waals surface area contributed by atoms with E-state index in [2.05, 4.69) is 27.7 Å². The van der Waals surface area contributed by atoms with Crippen molar-refractivity contribution in [3.63, 3.8) is 0 Å². The third-order valence-corrected chi connectivity index (χ3v) is 5.27. The highest BCUT2D eigenvalue weighted by Crippen LogP contribution is 2.29. The summed E-state index contributed by atoms with van der Waals surface area (Å²) in [5.74, 6) is 0.000746. The van der Waals surface area contributed by atoms with E-state index in [0.717, 1.165) is 20.6 Å². The Bertz CT molecular complexity index is 711. The number of rotatable bonds is 1. The molecule has 1 amide bonds. The van der Waals surface area contributed by atoms with Crippen LogP contribution in [0.25, 0.3) is 0 Å². The van der Waals surface area contributed by atoms with Crippen molar-refractivity contribution >= 4 is 51.2 Å². The monoisotopic (exact) mass is 412 g/mol. The van der Waals surface area contributed by atoms with Gasteiger partial charge in [0.1, 0.15) is 0 Å². The first kappa shape index (κ1) is 14.5. The zero-order valence-electron chi connectivity index (χ0n) is 11.1. The number of hydrogen-bond acceptors (Lipinski definition) is 4. The zero-order chi connectivity index (χ0) is 14.8. The Kier molecular flexibility index (Phi) is 4.25. The van der Waals surface area contributed by atoms with Crippen molar-refractivity contribution in [2.45, 2.75) is 12.8 Å². The van der Waals surface area contributed by atoms with Gasteiger partial charge in [-0.25, -0.2) is 0 Å². The van der Waals surface area contributed by atoms with Gasteiger partial charge in [0.2, 0.25) is 0 Å². The molecular weight excluding hydrogens is 399 g/mol. The summed E-state index contributed by atoms with van der Waals surface area (Å²) >= 11 is 3.78. The van der Waals surface area contributed by atoms with Gasteiger partial charge in [0.15, 0.2) is 0 Å². The standard InChI is InChI=1S/C15H13IN2O2S/c16-14-8-10(9-21-14)15(19)18-7-3-5-12(17-20)11-4-1-2-6-13(11)18/h1-2,4,6,8-9,20H,3,5,7H2/b17-12-. The maximum absolute atomic E-state index is 12.8. The van der Waals surface area contributed by atoms with Crippen LogP contribution < -0.4 is 4.90 Å². The first-order valence-electron chi connectivity index (χ1n) is 6.57. The Morgan fingerprint density at radius 1 is 1.38 bits per heavy atom. The number of hydrogen-bond donors (Lipinski definition) is 1. The van der Waals surface area contributed by atoms with Crippen molar-refractivity contribution in [3.05, 3.63) is 49.7 Å². The van der Waals surface area contributed by atoms with Gasteiger partial charge in [0.05, 0.1) is 19.8 Å². The van der Waals surface area contributed by atoms with Crippen LogP contribution in [0.15, 0.2) is 40.9 Å². The second kappa shape index (κ2) is 6.15. The number of amides is 1. The Morgan fingerprint density at radius 3 is 2.90 bits per heavy atom. The number of nitrogens with zero attached hydrogens (tertiary/aromatic N) is 2. The lowest BCUT2D eigenvalue weighted by Gasteiger charge is -2.22. The number of fused-ring (bicyclic) bond motifs is 1. The van der Waals surface area contributed by atoms with Gasteiger partial charge in [0, 0.05) is 17.5 Å². The smallest absolute Gasteiger partial charge is 0.259 e. The molecule has 0 atom stereocenters. The minimum absolute atomic E-state index is 0.000746. The molecule has 0 aliphatic carbocycles. The van der Waals surface area contributed by atoms with E-state index in [0.29, 0.717) is 24.2 Å². The van der Waals surface area contributed by atoms with Crippen molar-refractivity contribution in [2.24, 2.45) is 5.16 Å². The van der Waals surface area contributed by atoms with E-state index in [9.17, 15) is 10.0 Å². The Balaban J connectivity index is 2.04. The number of oxime groups is 1. The van der Waals surface area contributed by atoms with Crippen LogP contribution in [0.2, 0.25) is 0 Å².